The van der Waals surface area contributed by atoms with E-state index in [2.05, 4.69) is 6.58 Å². The van der Waals surface area contributed by atoms with Crippen LogP contribution in [-0.4, -0.2) is 16.5 Å². The molecular formula is C6H14O2. The van der Waals surface area contributed by atoms with Crippen LogP contribution in [0.3, 0.4) is 0 Å². The summed E-state index contributed by atoms with van der Waals surface area (Å²) in [5.74, 6) is 0. The van der Waals surface area contributed by atoms with E-state index in [-0.39, 0.29) is 0 Å². The summed E-state index contributed by atoms with van der Waals surface area (Å²) in [7, 11) is 0. The minimum Gasteiger partial charge on any atom is -0.368 e. The van der Waals surface area contributed by atoms with Crippen molar-refractivity contribution < 1.29 is 10.2 Å². The fourth-order valence-electron chi connectivity index (χ4n) is 0. The zero-order chi connectivity index (χ0) is 7.15. The lowest BCUT2D eigenvalue weighted by molar-refractivity contribution is -0.0228. The van der Waals surface area contributed by atoms with Gasteiger partial charge < -0.3 is 10.2 Å². The molecule has 0 fully saturated rings. The second-order valence-corrected chi connectivity index (χ2v) is 1.84. The van der Waals surface area contributed by atoms with Crippen LogP contribution in [0.4, 0.5) is 0 Å². The Balaban J connectivity index is 0. The van der Waals surface area contributed by atoms with Crippen LogP contribution in [0.25, 0.3) is 0 Å². The maximum Gasteiger partial charge on any atom is 0.148 e. The van der Waals surface area contributed by atoms with Crippen molar-refractivity contribution in [1.29, 1.82) is 0 Å². The molecule has 2 N–H and O–H groups in total. The third-order valence-electron chi connectivity index (χ3n) is 0. The van der Waals surface area contributed by atoms with Crippen molar-refractivity contribution in [2.75, 3.05) is 0 Å². The monoisotopic (exact) mass is 118 g/mol. The molecule has 0 spiro atoms. The van der Waals surface area contributed by atoms with Gasteiger partial charge in [-0.05, 0) is 20.8 Å². The van der Waals surface area contributed by atoms with Crippen molar-refractivity contribution in [3.63, 3.8) is 0 Å². The van der Waals surface area contributed by atoms with E-state index in [0.717, 1.165) is 0 Å². The van der Waals surface area contributed by atoms with Crippen LogP contribution < -0.4 is 0 Å². The fourth-order valence-corrected chi connectivity index (χ4v) is 0. The molecule has 2 heteroatoms. The molecule has 0 atom stereocenters. The third-order valence-corrected chi connectivity index (χ3v) is 0. The van der Waals surface area contributed by atoms with E-state index in [1.165, 1.54) is 12.5 Å². The van der Waals surface area contributed by atoms with Gasteiger partial charge >= 0.3 is 0 Å². The molecule has 2 nitrogen and oxygen atoms in total. The minimum absolute atomic E-state index is 1.17. The highest BCUT2D eigenvalue weighted by atomic mass is 16.5. The number of allylic oxidation sites excluding steroid dienone is 1. The molecule has 0 rings (SSSR count). The van der Waals surface area contributed by atoms with E-state index in [0.29, 0.717) is 0 Å². The second-order valence-electron chi connectivity index (χ2n) is 1.84. The molecule has 0 aliphatic rings. The van der Waals surface area contributed by atoms with Gasteiger partial charge in [0.05, 0.1) is 0 Å². The summed E-state index contributed by atoms with van der Waals surface area (Å²) in [6.45, 7) is 8.78. The van der Waals surface area contributed by atoms with Crippen LogP contribution in [0.1, 0.15) is 20.8 Å². The van der Waals surface area contributed by atoms with Crippen LogP contribution in [0.15, 0.2) is 12.2 Å². The predicted molar refractivity (Wildman–Crippen MR) is 34.4 cm³/mol. The Hall–Kier alpha value is -0.340. The van der Waals surface area contributed by atoms with E-state index < -0.39 is 6.29 Å². The predicted octanol–water partition coefficient (Wildman–Crippen LogP) is 0.899. The summed E-state index contributed by atoms with van der Waals surface area (Å²) in [6, 6.07) is 0. The molecule has 0 unspecified atom stereocenters. The first-order valence-corrected chi connectivity index (χ1v) is 2.45. The van der Waals surface area contributed by atoms with Gasteiger partial charge in [0.25, 0.3) is 0 Å². The first-order valence-electron chi connectivity index (χ1n) is 2.45. The topological polar surface area (TPSA) is 40.5 Å². The summed E-state index contributed by atoms with van der Waals surface area (Å²) in [4.78, 5) is 0. The van der Waals surface area contributed by atoms with E-state index in [1.807, 2.05) is 13.8 Å². The Morgan fingerprint density at radius 1 is 1.38 bits per heavy atom. The number of hydrogen-bond acceptors (Lipinski definition) is 2. The van der Waals surface area contributed by atoms with Crippen molar-refractivity contribution in [2.45, 2.75) is 27.1 Å². The molecule has 0 aromatic rings. The van der Waals surface area contributed by atoms with Crippen molar-refractivity contribution in [1.82, 2.24) is 0 Å². The summed E-state index contributed by atoms with van der Waals surface area (Å²) in [5.41, 5.74) is 1.17. The lowest BCUT2D eigenvalue weighted by Crippen LogP contribution is -1.92. The van der Waals surface area contributed by atoms with Gasteiger partial charge in [0.1, 0.15) is 6.29 Å². The molecule has 0 aromatic heterocycles. The SMILES string of the molecule is C=C(C)C.CC(O)O. The maximum atomic E-state index is 7.61. The molecule has 0 bridgehead atoms. The van der Waals surface area contributed by atoms with Gasteiger partial charge in [-0.15, -0.1) is 6.58 Å². The normalized spacial score (nSPS) is 7.75. The first kappa shape index (κ1) is 10.6. The van der Waals surface area contributed by atoms with Gasteiger partial charge in [0.15, 0.2) is 0 Å². The van der Waals surface area contributed by atoms with Gasteiger partial charge in [-0.3, -0.25) is 0 Å². The van der Waals surface area contributed by atoms with Gasteiger partial charge in [0, 0.05) is 0 Å². The molecule has 0 saturated carbocycles. The van der Waals surface area contributed by atoms with Crippen molar-refractivity contribution in [3.05, 3.63) is 12.2 Å². The highest BCUT2D eigenvalue weighted by molar-refractivity contribution is 4.78. The molecule has 0 aliphatic carbocycles. The fraction of sp³-hybridized carbons (Fsp3) is 0.667. The number of rotatable bonds is 0. The summed E-state index contributed by atoms with van der Waals surface area (Å²) >= 11 is 0. The highest BCUT2D eigenvalue weighted by Gasteiger charge is 1.70. The Labute approximate surface area is 50.5 Å². The van der Waals surface area contributed by atoms with Crippen LogP contribution in [0, 0.1) is 0 Å². The maximum absolute atomic E-state index is 7.61. The quantitative estimate of drug-likeness (QED) is 0.366. The van der Waals surface area contributed by atoms with Gasteiger partial charge in [-0.2, -0.15) is 0 Å². The molecular weight excluding hydrogens is 104 g/mol. The number of hydrogen-bond donors (Lipinski definition) is 2. The summed E-state index contributed by atoms with van der Waals surface area (Å²) in [5, 5.41) is 15.2. The number of aliphatic hydroxyl groups excluding tert-OH is 1. The van der Waals surface area contributed by atoms with Crippen molar-refractivity contribution in [2.24, 2.45) is 0 Å². The van der Waals surface area contributed by atoms with E-state index in [9.17, 15) is 0 Å². The Morgan fingerprint density at radius 3 is 1.38 bits per heavy atom. The Kier molecular flexibility index (Phi) is 8.83. The van der Waals surface area contributed by atoms with E-state index >= 15 is 0 Å². The molecule has 0 aliphatic heterocycles. The van der Waals surface area contributed by atoms with Crippen LogP contribution in [0.5, 0.6) is 0 Å². The summed E-state index contributed by atoms with van der Waals surface area (Å²) in [6.07, 6.45) is -1.17. The standard InChI is InChI=1S/C4H8.C2H6O2/c1-4(2)3;1-2(3)4/h1H2,2-3H3;2-4H,1H3. The zero-order valence-corrected chi connectivity index (χ0v) is 5.68. The zero-order valence-electron chi connectivity index (χ0n) is 5.68. The van der Waals surface area contributed by atoms with E-state index in [1.54, 1.807) is 0 Å². The highest BCUT2D eigenvalue weighted by Crippen LogP contribution is 1.73. The van der Waals surface area contributed by atoms with Crippen LogP contribution >= 0.6 is 0 Å². The Bertz CT molecular complexity index is 50.8. The Morgan fingerprint density at radius 2 is 1.38 bits per heavy atom. The van der Waals surface area contributed by atoms with Gasteiger partial charge in [0.2, 0.25) is 0 Å². The lowest BCUT2D eigenvalue weighted by atomic mass is 10.4. The first-order chi connectivity index (χ1) is 3.46. The third kappa shape index (κ3) is 1060. The van der Waals surface area contributed by atoms with Crippen LogP contribution in [0.2, 0.25) is 0 Å². The molecule has 8 heavy (non-hydrogen) atoms. The smallest absolute Gasteiger partial charge is 0.148 e. The van der Waals surface area contributed by atoms with Crippen LogP contribution in [-0.2, 0) is 0 Å². The summed E-state index contributed by atoms with van der Waals surface area (Å²) < 4.78 is 0. The average Bonchev–Trinajstić information content (AvgIpc) is 1.25. The molecule has 0 saturated heterocycles. The average molecular weight is 118 g/mol. The largest absolute Gasteiger partial charge is 0.368 e. The molecule has 50 valence electrons. The van der Waals surface area contributed by atoms with E-state index in [4.69, 9.17) is 10.2 Å². The van der Waals surface area contributed by atoms with Crippen molar-refractivity contribution in [3.8, 4) is 0 Å². The van der Waals surface area contributed by atoms with Gasteiger partial charge in [-0.25, -0.2) is 0 Å². The van der Waals surface area contributed by atoms with Gasteiger partial charge in [-0.1, -0.05) is 5.57 Å². The molecule has 0 amide bonds. The lowest BCUT2D eigenvalue weighted by Gasteiger charge is -1.80. The van der Waals surface area contributed by atoms with Crippen molar-refractivity contribution >= 4 is 0 Å². The minimum atomic E-state index is -1.17. The number of aliphatic hydroxyl groups is 2. The molecule has 0 heterocycles. The molecule has 0 radical (unpaired) electrons. The molecule has 0 aromatic carbocycles. The second kappa shape index (κ2) is 6.66.